The Morgan fingerprint density at radius 2 is 2.17 bits per heavy atom. The maximum atomic E-state index is 5.05. The first-order valence-electron chi connectivity index (χ1n) is 3.73. The van der Waals surface area contributed by atoms with Crippen LogP contribution in [0, 0.1) is 0 Å². The third-order valence-electron chi connectivity index (χ3n) is 1.49. The number of hydrogen-bond acceptors (Lipinski definition) is 3. The minimum Gasteiger partial charge on any atom is -0.497 e. The third kappa shape index (κ3) is 2.43. The zero-order valence-electron chi connectivity index (χ0n) is 7.33. The van der Waals surface area contributed by atoms with Gasteiger partial charge in [-0.1, -0.05) is 6.07 Å². The largest absolute Gasteiger partial charge is 0.497 e. The van der Waals surface area contributed by atoms with E-state index in [0.717, 1.165) is 11.4 Å². The molecular weight excluding hydrogens is 154 g/mol. The zero-order valence-corrected chi connectivity index (χ0v) is 7.33. The molecule has 0 aliphatic rings. The number of benzene rings is 1. The molecule has 66 valence electrons. The second-order valence-electron chi connectivity index (χ2n) is 2.34. The summed E-state index contributed by atoms with van der Waals surface area (Å²) in [6.45, 7) is 0.507. The van der Waals surface area contributed by atoms with E-state index in [1.54, 1.807) is 14.2 Å². The summed E-state index contributed by atoms with van der Waals surface area (Å²) in [5.41, 5.74) is 0.996. The molecule has 0 amide bonds. The van der Waals surface area contributed by atoms with Crippen LogP contribution in [-0.4, -0.2) is 21.0 Å². The lowest BCUT2D eigenvalue weighted by Gasteiger charge is -2.05. The Bertz CT molecular complexity index is 238. The van der Waals surface area contributed by atoms with E-state index >= 15 is 0 Å². The van der Waals surface area contributed by atoms with Crippen molar-refractivity contribution in [2.45, 2.75) is 0 Å². The highest BCUT2D eigenvalue weighted by Crippen LogP contribution is 2.15. The molecule has 0 atom stereocenters. The van der Waals surface area contributed by atoms with Crippen LogP contribution in [0.1, 0.15) is 0 Å². The molecule has 0 bridgehead atoms. The number of hydrogen-bond donors (Lipinski definition) is 1. The van der Waals surface area contributed by atoms with E-state index < -0.39 is 0 Å². The van der Waals surface area contributed by atoms with Crippen LogP contribution in [0.25, 0.3) is 0 Å². The topological polar surface area (TPSA) is 30.5 Å². The van der Waals surface area contributed by atoms with Gasteiger partial charge in [-0.25, -0.2) is 0 Å². The van der Waals surface area contributed by atoms with Crippen LogP contribution in [0.2, 0.25) is 0 Å². The lowest BCUT2D eigenvalue weighted by Crippen LogP contribution is -2.02. The Labute approximate surface area is 72.3 Å². The standard InChI is InChI=1S/C9H13NO2/c1-11-7-10-8-4-3-5-9(6-8)12-2/h3-6,10H,7H2,1-2H3. The fourth-order valence-corrected chi connectivity index (χ4v) is 0.889. The van der Waals surface area contributed by atoms with Crippen LogP contribution < -0.4 is 10.1 Å². The summed E-state index contributed by atoms with van der Waals surface area (Å²) in [6, 6.07) is 7.70. The summed E-state index contributed by atoms with van der Waals surface area (Å²) in [4.78, 5) is 0. The van der Waals surface area contributed by atoms with Gasteiger partial charge in [-0.2, -0.15) is 0 Å². The van der Waals surface area contributed by atoms with Crippen molar-refractivity contribution >= 4 is 5.69 Å². The minimum atomic E-state index is 0.507. The molecule has 0 unspecified atom stereocenters. The molecule has 1 rings (SSSR count). The molecule has 0 radical (unpaired) electrons. The van der Waals surface area contributed by atoms with Crippen LogP contribution in [0.5, 0.6) is 5.75 Å². The minimum absolute atomic E-state index is 0.507. The van der Waals surface area contributed by atoms with Crippen molar-refractivity contribution in [3.63, 3.8) is 0 Å². The molecule has 0 spiro atoms. The SMILES string of the molecule is COCNc1cccc(OC)c1. The maximum Gasteiger partial charge on any atom is 0.120 e. The van der Waals surface area contributed by atoms with E-state index in [2.05, 4.69) is 5.32 Å². The first kappa shape index (κ1) is 8.87. The summed E-state index contributed by atoms with van der Waals surface area (Å²) in [5.74, 6) is 0.844. The van der Waals surface area contributed by atoms with E-state index in [9.17, 15) is 0 Å². The maximum absolute atomic E-state index is 5.05. The molecule has 0 saturated carbocycles. The zero-order chi connectivity index (χ0) is 8.81. The second kappa shape index (κ2) is 4.62. The van der Waals surface area contributed by atoms with Gasteiger partial charge >= 0.3 is 0 Å². The molecule has 3 heteroatoms. The van der Waals surface area contributed by atoms with Crippen LogP contribution in [0.15, 0.2) is 24.3 Å². The smallest absolute Gasteiger partial charge is 0.120 e. The quantitative estimate of drug-likeness (QED) is 0.692. The van der Waals surface area contributed by atoms with E-state index in [0.29, 0.717) is 6.73 Å². The summed E-state index contributed by atoms with van der Waals surface area (Å²) >= 11 is 0. The predicted octanol–water partition coefficient (Wildman–Crippen LogP) is 1.71. The van der Waals surface area contributed by atoms with Crippen molar-refractivity contribution in [1.29, 1.82) is 0 Å². The van der Waals surface area contributed by atoms with Gasteiger partial charge in [0.25, 0.3) is 0 Å². The van der Waals surface area contributed by atoms with Crippen LogP contribution >= 0.6 is 0 Å². The van der Waals surface area contributed by atoms with Crippen molar-refractivity contribution in [3.8, 4) is 5.75 Å². The van der Waals surface area contributed by atoms with Crippen molar-refractivity contribution in [2.75, 3.05) is 26.3 Å². The van der Waals surface area contributed by atoms with Gasteiger partial charge in [0, 0.05) is 18.9 Å². The molecule has 1 aromatic carbocycles. The van der Waals surface area contributed by atoms with E-state index in [4.69, 9.17) is 9.47 Å². The monoisotopic (exact) mass is 167 g/mol. The molecule has 1 N–H and O–H groups in total. The molecule has 0 heterocycles. The molecule has 0 saturated heterocycles. The van der Waals surface area contributed by atoms with Gasteiger partial charge in [-0.3, -0.25) is 0 Å². The van der Waals surface area contributed by atoms with Gasteiger partial charge in [0.15, 0.2) is 0 Å². The van der Waals surface area contributed by atoms with Gasteiger partial charge in [0.1, 0.15) is 12.5 Å². The summed E-state index contributed by atoms with van der Waals surface area (Å²) in [7, 11) is 3.29. The molecule has 0 aromatic heterocycles. The number of methoxy groups -OCH3 is 2. The highest BCUT2D eigenvalue weighted by Gasteiger charge is 1.92. The molecule has 3 nitrogen and oxygen atoms in total. The van der Waals surface area contributed by atoms with Crippen molar-refractivity contribution in [3.05, 3.63) is 24.3 Å². The summed E-state index contributed by atoms with van der Waals surface area (Å²) in [6.07, 6.45) is 0. The fraction of sp³-hybridized carbons (Fsp3) is 0.333. The number of rotatable bonds is 4. The Balaban J connectivity index is 2.60. The number of nitrogens with one attached hydrogen (secondary N) is 1. The van der Waals surface area contributed by atoms with E-state index in [1.165, 1.54) is 0 Å². The highest BCUT2D eigenvalue weighted by molar-refractivity contribution is 5.47. The van der Waals surface area contributed by atoms with Gasteiger partial charge in [-0.15, -0.1) is 0 Å². The normalized spacial score (nSPS) is 9.50. The van der Waals surface area contributed by atoms with Gasteiger partial charge in [0.05, 0.1) is 7.11 Å². The first-order chi connectivity index (χ1) is 5.86. The lowest BCUT2D eigenvalue weighted by atomic mass is 10.3. The second-order valence-corrected chi connectivity index (χ2v) is 2.34. The van der Waals surface area contributed by atoms with Crippen LogP contribution in [-0.2, 0) is 4.74 Å². The average molecular weight is 167 g/mol. The molecule has 1 aromatic rings. The Kier molecular flexibility index (Phi) is 3.41. The lowest BCUT2D eigenvalue weighted by molar-refractivity contribution is 0.221. The first-order valence-corrected chi connectivity index (χ1v) is 3.73. The van der Waals surface area contributed by atoms with Crippen molar-refractivity contribution in [2.24, 2.45) is 0 Å². The Morgan fingerprint density at radius 3 is 2.83 bits per heavy atom. The molecule has 0 aliphatic heterocycles. The third-order valence-corrected chi connectivity index (χ3v) is 1.49. The fourth-order valence-electron chi connectivity index (χ4n) is 0.889. The summed E-state index contributed by atoms with van der Waals surface area (Å²) in [5, 5.41) is 3.07. The molecule has 0 aliphatic carbocycles. The average Bonchev–Trinajstić information content (AvgIpc) is 2.15. The van der Waals surface area contributed by atoms with Gasteiger partial charge < -0.3 is 14.8 Å². The molecular formula is C9H13NO2. The van der Waals surface area contributed by atoms with Crippen LogP contribution in [0.3, 0.4) is 0 Å². The van der Waals surface area contributed by atoms with Gasteiger partial charge in [-0.05, 0) is 12.1 Å². The molecule has 12 heavy (non-hydrogen) atoms. The predicted molar refractivity (Wildman–Crippen MR) is 48.5 cm³/mol. The summed E-state index contributed by atoms with van der Waals surface area (Å²) < 4.78 is 9.92. The Hall–Kier alpha value is -1.22. The van der Waals surface area contributed by atoms with Crippen molar-refractivity contribution in [1.82, 2.24) is 0 Å². The Morgan fingerprint density at radius 1 is 1.33 bits per heavy atom. The van der Waals surface area contributed by atoms with E-state index in [1.807, 2.05) is 24.3 Å². The number of anilines is 1. The number of ether oxygens (including phenoxy) is 2. The highest BCUT2D eigenvalue weighted by atomic mass is 16.5. The van der Waals surface area contributed by atoms with Crippen molar-refractivity contribution < 1.29 is 9.47 Å². The van der Waals surface area contributed by atoms with Crippen LogP contribution in [0.4, 0.5) is 5.69 Å². The molecule has 0 fully saturated rings. The van der Waals surface area contributed by atoms with E-state index in [-0.39, 0.29) is 0 Å². The van der Waals surface area contributed by atoms with Gasteiger partial charge in [0.2, 0.25) is 0 Å².